The van der Waals surface area contributed by atoms with Crippen LogP contribution in [-0.4, -0.2) is 16.8 Å². The van der Waals surface area contributed by atoms with E-state index >= 15 is 0 Å². The van der Waals surface area contributed by atoms with E-state index in [1.165, 1.54) is 0 Å². The van der Waals surface area contributed by atoms with Crippen LogP contribution in [0.15, 0.2) is 29.4 Å². The zero-order chi connectivity index (χ0) is 13.1. The van der Waals surface area contributed by atoms with Gasteiger partial charge in [-0.2, -0.15) is 5.10 Å². The van der Waals surface area contributed by atoms with Crippen molar-refractivity contribution >= 4 is 23.1 Å². The van der Waals surface area contributed by atoms with Gasteiger partial charge in [0.15, 0.2) is 0 Å². The number of carbonyl (C=O) groups excluding carboxylic acids is 1. The van der Waals surface area contributed by atoms with Crippen LogP contribution in [-0.2, 0) is 6.54 Å². The van der Waals surface area contributed by atoms with Gasteiger partial charge < -0.3 is 10.3 Å². The Bertz CT molecular complexity index is 613. The Hall–Kier alpha value is -2.30. The lowest BCUT2D eigenvalue weighted by Crippen LogP contribution is -2.24. The van der Waals surface area contributed by atoms with Crippen LogP contribution in [0.3, 0.4) is 0 Å². The summed E-state index contributed by atoms with van der Waals surface area (Å²) in [7, 11) is 0. The quantitative estimate of drug-likeness (QED) is 0.628. The van der Waals surface area contributed by atoms with Crippen molar-refractivity contribution in [2.24, 2.45) is 10.8 Å². The van der Waals surface area contributed by atoms with Crippen molar-refractivity contribution in [1.82, 2.24) is 9.99 Å². The van der Waals surface area contributed by atoms with Crippen LogP contribution in [0.2, 0.25) is 0 Å². The second kappa shape index (κ2) is 4.91. The van der Waals surface area contributed by atoms with Crippen molar-refractivity contribution < 1.29 is 4.79 Å². The summed E-state index contributed by atoms with van der Waals surface area (Å²) in [5.41, 5.74) is 10.5. The number of hydrogen-bond acceptors (Lipinski definition) is 2. The Morgan fingerprint density at radius 3 is 2.89 bits per heavy atom. The highest BCUT2D eigenvalue weighted by Crippen LogP contribution is 2.24. The summed E-state index contributed by atoms with van der Waals surface area (Å²) in [6, 6.07) is 7.45. The average Bonchev–Trinajstić information content (AvgIpc) is 2.62. The van der Waals surface area contributed by atoms with Crippen molar-refractivity contribution in [3.8, 4) is 0 Å². The van der Waals surface area contributed by atoms with Crippen LogP contribution >= 0.6 is 0 Å². The van der Waals surface area contributed by atoms with E-state index in [0.717, 1.165) is 28.7 Å². The molecule has 5 heteroatoms. The molecule has 2 rings (SSSR count). The molecule has 0 aliphatic rings. The highest BCUT2D eigenvalue weighted by atomic mass is 16.2. The molecule has 0 fully saturated rings. The molecule has 0 saturated heterocycles. The number of hydrazone groups is 1. The number of urea groups is 1. The standard InChI is InChI=1S/C13H16N4O/c1-3-17-9(2)11(8-15-16-13(14)18)10-6-4-5-7-12(10)17/h4-8H,3H2,1-2H3,(H3,14,16,18). The Labute approximate surface area is 105 Å². The van der Waals surface area contributed by atoms with E-state index in [0.29, 0.717) is 0 Å². The van der Waals surface area contributed by atoms with E-state index in [-0.39, 0.29) is 0 Å². The molecule has 3 N–H and O–H groups in total. The molecule has 0 aliphatic heterocycles. The first-order chi connectivity index (χ1) is 8.65. The Kier molecular flexibility index (Phi) is 3.32. The molecule has 5 nitrogen and oxygen atoms in total. The highest BCUT2D eigenvalue weighted by Gasteiger charge is 2.10. The van der Waals surface area contributed by atoms with E-state index in [1.54, 1.807) is 6.21 Å². The number of nitrogens with zero attached hydrogens (tertiary/aromatic N) is 2. The number of nitrogens with one attached hydrogen (secondary N) is 1. The zero-order valence-electron chi connectivity index (χ0n) is 10.5. The molecule has 0 atom stereocenters. The minimum Gasteiger partial charge on any atom is -0.350 e. The molecular formula is C13H16N4O. The van der Waals surface area contributed by atoms with Crippen molar-refractivity contribution in [3.05, 3.63) is 35.5 Å². The molecule has 2 amide bonds. The number of para-hydroxylation sites is 1. The third kappa shape index (κ3) is 2.07. The van der Waals surface area contributed by atoms with E-state index in [1.807, 2.05) is 25.1 Å². The van der Waals surface area contributed by atoms with Crippen molar-refractivity contribution in [2.45, 2.75) is 20.4 Å². The molecule has 18 heavy (non-hydrogen) atoms. The number of hydrogen-bond donors (Lipinski definition) is 2. The first kappa shape index (κ1) is 12.2. The predicted molar refractivity (Wildman–Crippen MR) is 72.7 cm³/mol. The smallest absolute Gasteiger partial charge is 0.332 e. The van der Waals surface area contributed by atoms with Gasteiger partial charge in [-0.3, -0.25) is 0 Å². The van der Waals surface area contributed by atoms with Gasteiger partial charge in [-0.1, -0.05) is 18.2 Å². The fourth-order valence-corrected chi connectivity index (χ4v) is 2.19. The first-order valence-corrected chi connectivity index (χ1v) is 5.81. The van der Waals surface area contributed by atoms with Crippen LogP contribution in [0.25, 0.3) is 10.9 Å². The molecule has 0 bridgehead atoms. The van der Waals surface area contributed by atoms with Gasteiger partial charge in [-0.25, -0.2) is 10.2 Å². The summed E-state index contributed by atoms with van der Waals surface area (Å²) < 4.78 is 2.21. The molecule has 0 aliphatic carbocycles. The van der Waals surface area contributed by atoms with Crippen molar-refractivity contribution in [2.75, 3.05) is 0 Å². The molecular weight excluding hydrogens is 228 g/mol. The van der Waals surface area contributed by atoms with Crippen LogP contribution in [0.1, 0.15) is 18.2 Å². The van der Waals surface area contributed by atoms with Gasteiger partial charge in [0.1, 0.15) is 0 Å². The molecule has 1 aromatic heterocycles. The van der Waals surface area contributed by atoms with Crippen LogP contribution in [0.5, 0.6) is 0 Å². The maximum absolute atomic E-state index is 10.6. The second-order valence-corrected chi connectivity index (χ2v) is 3.99. The maximum atomic E-state index is 10.6. The molecule has 0 radical (unpaired) electrons. The maximum Gasteiger partial charge on any atom is 0.332 e. The van der Waals surface area contributed by atoms with Gasteiger partial charge >= 0.3 is 6.03 Å². The Morgan fingerprint density at radius 2 is 2.22 bits per heavy atom. The number of benzene rings is 1. The largest absolute Gasteiger partial charge is 0.350 e. The Balaban J connectivity index is 2.52. The van der Waals surface area contributed by atoms with Crippen LogP contribution in [0, 0.1) is 6.92 Å². The lowest BCUT2D eigenvalue weighted by Gasteiger charge is -2.03. The second-order valence-electron chi connectivity index (χ2n) is 3.99. The molecule has 94 valence electrons. The minimum absolute atomic E-state index is 0.664. The normalized spacial score (nSPS) is 11.2. The van der Waals surface area contributed by atoms with Crippen molar-refractivity contribution in [3.63, 3.8) is 0 Å². The highest BCUT2D eigenvalue weighted by molar-refractivity contribution is 6.01. The average molecular weight is 244 g/mol. The summed E-state index contributed by atoms with van der Waals surface area (Å²) in [4.78, 5) is 10.6. The van der Waals surface area contributed by atoms with Gasteiger partial charge in [0, 0.05) is 28.7 Å². The van der Waals surface area contributed by atoms with E-state index in [2.05, 4.69) is 28.1 Å². The number of carbonyl (C=O) groups is 1. The minimum atomic E-state index is -0.664. The van der Waals surface area contributed by atoms with E-state index in [4.69, 9.17) is 5.73 Å². The van der Waals surface area contributed by atoms with E-state index < -0.39 is 6.03 Å². The van der Waals surface area contributed by atoms with Gasteiger partial charge in [0.2, 0.25) is 0 Å². The van der Waals surface area contributed by atoms with Crippen LogP contribution < -0.4 is 11.2 Å². The lowest BCUT2D eigenvalue weighted by atomic mass is 10.1. The number of primary amides is 1. The predicted octanol–water partition coefficient (Wildman–Crippen LogP) is 1.97. The first-order valence-electron chi connectivity index (χ1n) is 5.81. The summed E-state index contributed by atoms with van der Waals surface area (Å²) in [6.07, 6.45) is 1.63. The van der Waals surface area contributed by atoms with Gasteiger partial charge in [0.25, 0.3) is 0 Å². The SMILES string of the molecule is CCn1c(C)c(C=NNC(N)=O)c2ccccc21. The summed E-state index contributed by atoms with van der Waals surface area (Å²) in [5, 5.41) is 4.95. The molecule has 0 unspecified atom stereocenters. The summed E-state index contributed by atoms with van der Waals surface area (Å²) in [6.45, 7) is 5.03. The number of aromatic nitrogens is 1. The third-order valence-corrected chi connectivity index (χ3v) is 2.96. The fourth-order valence-electron chi connectivity index (χ4n) is 2.19. The number of amides is 2. The van der Waals surface area contributed by atoms with Gasteiger partial charge in [-0.15, -0.1) is 0 Å². The van der Waals surface area contributed by atoms with Crippen LogP contribution in [0.4, 0.5) is 4.79 Å². The van der Waals surface area contributed by atoms with Gasteiger partial charge in [0.05, 0.1) is 6.21 Å². The third-order valence-electron chi connectivity index (χ3n) is 2.96. The zero-order valence-corrected chi connectivity index (χ0v) is 10.5. The molecule has 0 spiro atoms. The molecule has 0 saturated carbocycles. The molecule has 1 heterocycles. The topological polar surface area (TPSA) is 72.4 Å². The Morgan fingerprint density at radius 1 is 1.50 bits per heavy atom. The molecule has 2 aromatic rings. The number of nitrogens with two attached hydrogens (primary N) is 1. The number of fused-ring (bicyclic) bond motifs is 1. The monoisotopic (exact) mass is 244 g/mol. The summed E-state index contributed by atoms with van der Waals surface area (Å²) in [5.74, 6) is 0. The van der Waals surface area contributed by atoms with E-state index in [9.17, 15) is 4.79 Å². The van der Waals surface area contributed by atoms with Gasteiger partial charge in [-0.05, 0) is 19.9 Å². The summed E-state index contributed by atoms with van der Waals surface area (Å²) >= 11 is 0. The molecule has 1 aromatic carbocycles. The number of aryl methyl sites for hydroxylation is 1. The lowest BCUT2D eigenvalue weighted by molar-refractivity contribution is 0.249. The van der Waals surface area contributed by atoms with Crippen molar-refractivity contribution in [1.29, 1.82) is 0 Å². The fraction of sp³-hybridized carbons (Fsp3) is 0.231. The number of rotatable bonds is 3.